The van der Waals surface area contributed by atoms with Crippen molar-refractivity contribution in [1.29, 1.82) is 0 Å². The van der Waals surface area contributed by atoms with Crippen LogP contribution >= 0.6 is 27.5 Å². The third-order valence-corrected chi connectivity index (χ3v) is 4.73. The van der Waals surface area contributed by atoms with Crippen molar-refractivity contribution in [2.75, 3.05) is 0 Å². The fourth-order valence-corrected chi connectivity index (χ4v) is 3.02. The summed E-state index contributed by atoms with van der Waals surface area (Å²) in [5.41, 5.74) is 4.27. The molecule has 0 aliphatic heterocycles. The number of amides is 1. The number of pyridine rings is 1. The molecule has 7 nitrogen and oxygen atoms in total. The second-order valence-electron chi connectivity index (χ2n) is 6.01. The summed E-state index contributed by atoms with van der Waals surface area (Å²) in [7, 11) is 0. The van der Waals surface area contributed by atoms with Crippen LogP contribution in [0.1, 0.15) is 31.8 Å². The number of hydrazone groups is 1. The van der Waals surface area contributed by atoms with E-state index in [1.165, 1.54) is 24.5 Å². The number of rotatable bonds is 7. The van der Waals surface area contributed by atoms with Gasteiger partial charge in [0.2, 0.25) is 0 Å². The molecule has 0 radical (unpaired) electrons. The van der Waals surface area contributed by atoms with Crippen LogP contribution in [0.15, 0.2) is 70.4 Å². The van der Waals surface area contributed by atoms with Crippen LogP contribution in [0.4, 0.5) is 0 Å². The minimum Gasteiger partial charge on any atom is -0.488 e. The number of halogens is 2. The maximum absolute atomic E-state index is 12.2. The van der Waals surface area contributed by atoms with Crippen LogP contribution in [0.25, 0.3) is 0 Å². The number of hydrogen-bond donors (Lipinski definition) is 2. The van der Waals surface area contributed by atoms with Gasteiger partial charge in [0.15, 0.2) is 0 Å². The van der Waals surface area contributed by atoms with E-state index >= 15 is 0 Å². The molecule has 0 bridgehead atoms. The van der Waals surface area contributed by atoms with E-state index in [-0.39, 0.29) is 22.9 Å². The molecule has 3 rings (SSSR count). The summed E-state index contributed by atoms with van der Waals surface area (Å²) in [6.07, 6.45) is 2.94. The zero-order valence-corrected chi connectivity index (χ0v) is 17.7. The van der Waals surface area contributed by atoms with Crippen molar-refractivity contribution in [2.24, 2.45) is 5.10 Å². The number of carboxylic acid groups (broad SMARTS) is 1. The van der Waals surface area contributed by atoms with E-state index in [4.69, 9.17) is 21.4 Å². The Balaban J connectivity index is 1.68. The van der Waals surface area contributed by atoms with Gasteiger partial charge in [0.25, 0.3) is 5.91 Å². The minimum absolute atomic E-state index is 0.0885. The third-order valence-electron chi connectivity index (χ3n) is 3.94. The molecule has 0 saturated heterocycles. The normalized spacial score (nSPS) is 10.7. The van der Waals surface area contributed by atoms with E-state index in [9.17, 15) is 9.59 Å². The Morgan fingerprint density at radius 1 is 1.20 bits per heavy atom. The largest absolute Gasteiger partial charge is 0.488 e. The Morgan fingerprint density at radius 2 is 1.97 bits per heavy atom. The van der Waals surface area contributed by atoms with Crippen molar-refractivity contribution in [3.8, 4) is 5.75 Å². The number of aromatic nitrogens is 1. The molecule has 3 aromatic rings. The first kappa shape index (κ1) is 21.5. The van der Waals surface area contributed by atoms with Crippen LogP contribution in [0.2, 0.25) is 5.15 Å². The van der Waals surface area contributed by atoms with Crippen LogP contribution in [-0.2, 0) is 6.61 Å². The van der Waals surface area contributed by atoms with Gasteiger partial charge < -0.3 is 9.84 Å². The Labute approximate surface area is 185 Å². The summed E-state index contributed by atoms with van der Waals surface area (Å²) in [6.45, 7) is 0.236. The van der Waals surface area contributed by atoms with Crippen molar-refractivity contribution in [3.63, 3.8) is 0 Å². The monoisotopic (exact) mass is 487 g/mol. The fraction of sp³-hybridized carbons (Fsp3) is 0.0476. The molecular formula is C21H15BrClN3O4. The van der Waals surface area contributed by atoms with Crippen LogP contribution < -0.4 is 10.2 Å². The molecule has 1 aromatic heterocycles. The van der Waals surface area contributed by atoms with Gasteiger partial charge in [0, 0.05) is 16.2 Å². The van der Waals surface area contributed by atoms with E-state index in [1.54, 1.807) is 36.4 Å². The van der Waals surface area contributed by atoms with Gasteiger partial charge in [0.1, 0.15) is 17.5 Å². The molecule has 1 heterocycles. The number of carboxylic acids is 1. The van der Waals surface area contributed by atoms with Gasteiger partial charge in [-0.05, 0) is 48.0 Å². The molecule has 0 saturated carbocycles. The van der Waals surface area contributed by atoms with Crippen molar-refractivity contribution >= 4 is 45.6 Å². The second kappa shape index (κ2) is 10.00. The van der Waals surface area contributed by atoms with Gasteiger partial charge in [-0.1, -0.05) is 39.7 Å². The number of hydrogen-bond acceptors (Lipinski definition) is 5. The highest BCUT2D eigenvalue weighted by Gasteiger charge is 2.10. The molecular weight excluding hydrogens is 474 g/mol. The zero-order valence-electron chi connectivity index (χ0n) is 15.4. The quantitative estimate of drug-likeness (QED) is 0.289. The van der Waals surface area contributed by atoms with Gasteiger partial charge in [0.05, 0.1) is 17.3 Å². The average molecular weight is 489 g/mol. The molecule has 0 atom stereocenters. The molecule has 0 aliphatic carbocycles. The number of nitrogens with zero attached hydrogens (tertiary/aromatic N) is 2. The summed E-state index contributed by atoms with van der Waals surface area (Å²) in [4.78, 5) is 27.0. The maximum Gasteiger partial charge on any atom is 0.335 e. The summed E-state index contributed by atoms with van der Waals surface area (Å²) < 4.78 is 6.65. The smallest absolute Gasteiger partial charge is 0.335 e. The lowest BCUT2D eigenvalue weighted by Crippen LogP contribution is -2.18. The molecule has 0 unspecified atom stereocenters. The lowest BCUT2D eigenvalue weighted by molar-refractivity contribution is 0.0696. The minimum atomic E-state index is -0.983. The molecule has 9 heteroatoms. The first-order chi connectivity index (χ1) is 14.4. The van der Waals surface area contributed by atoms with Gasteiger partial charge in [-0.25, -0.2) is 15.2 Å². The van der Waals surface area contributed by atoms with Crippen molar-refractivity contribution in [2.45, 2.75) is 6.61 Å². The number of benzene rings is 2. The second-order valence-corrected chi connectivity index (χ2v) is 7.29. The first-order valence-corrected chi connectivity index (χ1v) is 9.79. The van der Waals surface area contributed by atoms with Crippen LogP contribution in [0, 0.1) is 0 Å². The van der Waals surface area contributed by atoms with E-state index in [0.29, 0.717) is 11.3 Å². The maximum atomic E-state index is 12.2. The third kappa shape index (κ3) is 5.65. The molecule has 2 aromatic carbocycles. The van der Waals surface area contributed by atoms with Crippen LogP contribution in [-0.4, -0.2) is 28.2 Å². The topological polar surface area (TPSA) is 101 Å². The fourth-order valence-electron chi connectivity index (χ4n) is 2.43. The van der Waals surface area contributed by atoms with E-state index < -0.39 is 11.9 Å². The molecule has 1 amide bonds. The van der Waals surface area contributed by atoms with Crippen LogP contribution in [0.5, 0.6) is 5.75 Å². The summed E-state index contributed by atoms with van der Waals surface area (Å²) in [5, 5.41) is 13.0. The number of carbonyl (C=O) groups is 2. The molecule has 0 spiro atoms. The zero-order chi connectivity index (χ0) is 21.5. The summed E-state index contributed by atoms with van der Waals surface area (Å²) >= 11 is 9.30. The Bertz CT molecular complexity index is 1100. The SMILES string of the molecule is O=C(O)c1ccc(COc2ccc(Br)cc2C=NNC(=O)c2cccnc2Cl)cc1. The first-order valence-electron chi connectivity index (χ1n) is 8.62. The van der Waals surface area contributed by atoms with Gasteiger partial charge in [-0.15, -0.1) is 0 Å². The molecule has 30 heavy (non-hydrogen) atoms. The predicted octanol–water partition coefficient (Wildman–Crippen LogP) is 4.54. The number of carbonyl (C=O) groups excluding carboxylic acids is 1. The predicted molar refractivity (Wildman–Crippen MR) is 116 cm³/mol. The standard InChI is InChI=1S/C21H15BrClN3O4/c22-16-7-8-18(30-12-13-3-5-14(6-4-13)21(28)29)15(10-16)11-25-26-20(27)17-2-1-9-24-19(17)23/h1-11H,12H2,(H,26,27)(H,28,29). The Kier molecular flexibility index (Phi) is 7.16. The van der Waals surface area contributed by atoms with Crippen molar-refractivity contribution in [1.82, 2.24) is 10.4 Å². The molecule has 2 N–H and O–H groups in total. The summed E-state index contributed by atoms with van der Waals surface area (Å²) in [5.74, 6) is -0.929. The number of nitrogens with one attached hydrogen (secondary N) is 1. The van der Waals surface area contributed by atoms with Gasteiger partial charge in [-0.2, -0.15) is 5.10 Å². The van der Waals surface area contributed by atoms with Crippen molar-refractivity contribution in [3.05, 3.63) is 92.7 Å². The summed E-state index contributed by atoms with van der Waals surface area (Å²) in [6, 6.07) is 14.9. The highest BCUT2D eigenvalue weighted by Crippen LogP contribution is 2.23. The molecule has 0 aliphatic rings. The van der Waals surface area contributed by atoms with E-state index in [1.807, 2.05) is 6.07 Å². The lowest BCUT2D eigenvalue weighted by atomic mass is 10.1. The van der Waals surface area contributed by atoms with E-state index in [2.05, 4.69) is 31.4 Å². The Hall–Kier alpha value is -3.23. The average Bonchev–Trinajstić information content (AvgIpc) is 2.73. The van der Waals surface area contributed by atoms with Crippen LogP contribution in [0.3, 0.4) is 0 Å². The van der Waals surface area contributed by atoms with E-state index in [0.717, 1.165) is 10.0 Å². The van der Waals surface area contributed by atoms with Gasteiger partial charge >= 0.3 is 5.97 Å². The number of ether oxygens (including phenoxy) is 1. The lowest BCUT2D eigenvalue weighted by Gasteiger charge is -2.10. The number of aromatic carboxylic acids is 1. The van der Waals surface area contributed by atoms with Crippen molar-refractivity contribution < 1.29 is 19.4 Å². The molecule has 0 fully saturated rings. The highest BCUT2D eigenvalue weighted by atomic mass is 79.9. The van der Waals surface area contributed by atoms with Gasteiger partial charge in [-0.3, -0.25) is 4.79 Å². The molecule has 152 valence electrons. The highest BCUT2D eigenvalue weighted by molar-refractivity contribution is 9.10. The Morgan fingerprint density at radius 3 is 2.67 bits per heavy atom.